The molecule has 3 atom stereocenters. The van der Waals surface area contributed by atoms with Crippen molar-refractivity contribution in [1.82, 2.24) is 0 Å². The van der Waals surface area contributed by atoms with Crippen molar-refractivity contribution in [3.8, 4) is 0 Å². The molecule has 1 radical (unpaired) electrons. The third-order valence-corrected chi connectivity index (χ3v) is 6.77. The zero-order valence-electron chi connectivity index (χ0n) is 12.0. The fourth-order valence-electron chi connectivity index (χ4n) is 3.91. The average Bonchev–Trinajstić information content (AvgIpc) is 2.83. The second-order valence-corrected chi connectivity index (χ2v) is 7.86. The summed E-state index contributed by atoms with van der Waals surface area (Å²) < 4.78 is 12.6. The molecule has 6 heteroatoms. The molecule has 0 aromatic heterocycles. The van der Waals surface area contributed by atoms with Crippen molar-refractivity contribution in [1.29, 1.82) is 0 Å². The molecule has 3 unspecified atom stereocenters. The molecule has 0 saturated heterocycles. The van der Waals surface area contributed by atoms with Crippen LogP contribution in [0.25, 0.3) is 0 Å². The van der Waals surface area contributed by atoms with Gasteiger partial charge in [-0.1, -0.05) is 32.0 Å². The van der Waals surface area contributed by atoms with Gasteiger partial charge in [-0.05, 0) is 30.4 Å². The van der Waals surface area contributed by atoms with Gasteiger partial charge < -0.3 is 0 Å². The van der Waals surface area contributed by atoms with E-state index >= 15 is 0 Å². The van der Waals surface area contributed by atoms with Gasteiger partial charge in [0.05, 0.1) is 0 Å². The maximum atomic E-state index is 12.8. The minimum atomic E-state index is -2.34. The summed E-state index contributed by atoms with van der Waals surface area (Å²) in [7, 11) is -2.34. The number of carbonyl (C=O) groups is 3. The molecule has 0 N–H and O–H groups in total. The van der Waals surface area contributed by atoms with Gasteiger partial charge in [0.25, 0.3) is 0 Å². The first kappa shape index (κ1) is 18.3. The van der Waals surface area contributed by atoms with Gasteiger partial charge in [0.2, 0.25) is 17.1 Å². The molecule has 22 heavy (non-hydrogen) atoms. The fourth-order valence-corrected chi connectivity index (χ4v) is 5.43. The molecule has 0 spiro atoms. The van der Waals surface area contributed by atoms with E-state index in [0.29, 0.717) is 18.1 Å². The van der Waals surface area contributed by atoms with E-state index in [4.69, 9.17) is 0 Å². The molecule has 2 saturated carbocycles. The third kappa shape index (κ3) is 2.21. The van der Waals surface area contributed by atoms with Gasteiger partial charge in [0.1, 0.15) is 5.41 Å². The minimum absolute atomic E-state index is 0. The van der Waals surface area contributed by atoms with Crippen LogP contribution >= 0.6 is 7.80 Å². The number of Topliss-reactive ketones (excluding diaryl/α,β-unsaturated/α-hetero) is 2. The van der Waals surface area contributed by atoms with E-state index in [1.165, 1.54) is 0 Å². The van der Waals surface area contributed by atoms with Crippen molar-refractivity contribution < 1.29 is 18.9 Å². The van der Waals surface area contributed by atoms with Gasteiger partial charge in [-0.3, -0.25) is 18.9 Å². The fraction of sp³-hybridized carbons (Fsp3) is 0.438. The molecular weight excluding hydrogens is 326 g/mol. The molecule has 2 fully saturated rings. The summed E-state index contributed by atoms with van der Waals surface area (Å²) in [5.41, 5.74) is -2.71. The van der Waals surface area contributed by atoms with Crippen LogP contribution in [0.5, 0.6) is 0 Å². The topological polar surface area (TPSA) is 68.3 Å². The van der Waals surface area contributed by atoms with Crippen molar-refractivity contribution in [2.24, 2.45) is 16.7 Å². The van der Waals surface area contributed by atoms with Crippen molar-refractivity contribution >= 4 is 81.6 Å². The van der Waals surface area contributed by atoms with Crippen LogP contribution in [0.2, 0.25) is 0 Å². The van der Waals surface area contributed by atoms with Crippen molar-refractivity contribution in [2.45, 2.75) is 26.7 Å². The Morgan fingerprint density at radius 2 is 1.77 bits per heavy atom. The molecule has 0 amide bonds. The van der Waals surface area contributed by atoms with Crippen molar-refractivity contribution in [2.75, 3.05) is 0 Å². The van der Waals surface area contributed by atoms with Crippen LogP contribution in [0.4, 0.5) is 0 Å². The standard InChI is InChI=1S/C16H16O4P.K.H/c1-15(2)11-8-9-16(15,13(18)12(11)17)14(19)21(20)10-6-4-3-5-7-10;;/h3-7,11H,8-9H2,1-2H3;;. The Morgan fingerprint density at radius 1 is 1.18 bits per heavy atom. The molecule has 0 aliphatic heterocycles. The van der Waals surface area contributed by atoms with Gasteiger partial charge in [-0.25, -0.2) is 0 Å². The molecule has 0 heterocycles. The number of benzene rings is 1. The summed E-state index contributed by atoms with van der Waals surface area (Å²) in [4.78, 5) is 37.3. The van der Waals surface area contributed by atoms with E-state index in [9.17, 15) is 18.9 Å². The molecule has 2 bridgehead atoms. The Hall–Kier alpha value is -0.0336. The number of rotatable bonds is 3. The zero-order valence-corrected chi connectivity index (χ0v) is 12.9. The zero-order chi connectivity index (χ0) is 15.4. The second-order valence-electron chi connectivity index (χ2n) is 6.35. The van der Waals surface area contributed by atoms with Gasteiger partial charge in [0, 0.05) is 11.2 Å². The van der Waals surface area contributed by atoms with E-state index in [0.717, 1.165) is 0 Å². The summed E-state index contributed by atoms with van der Waals surface area (Å²) in [5, 5.41) is 0.415. The van der Waals surface area contributed by atoms with Gasteiger partial charge >= 0.3 is 51.4 Å². The molecule has 111 valence electrons. The quantitative estimate of drug-likeness (QED) is 0.362. The molecule has 4 nitrogen and oxygen atoms in total. The van der Waals surface area contributed by atoms with E-state index < -0.39 is 41.6 Å². The summed E-state index contributed by atoms with van der Waals surface area (Å²) in [6, 6.07) is 8.42. The summed E-state index contributed by atoms with van der Waals surface area (Å²) >= 11 is 0. The number of hydrogen-bond acceptors (Lipinski definition) is 4. The molecule has 2 aliphatic carbocycles. The summed E-state index contributed by atoms with van der Waals surface area (Å²) in [6.45, 7) is 3.55. The van der Waals surface area contributed by atoms with E-state index in [-0.39, 0.29) is 51.4 Å². The first-order chi connectivity index (χ1) is 9.84. The molecule has 1 aromatic rings. The summed E-state index contributed by atoms with van der Waals surface area (Å²) in [6.07, 6.45) is 0.864. The molecule has 2 aliphatic rings. The van der Waals surface area contributed by atoms with Crippen LogP contribution in [0.1, 0.15) is 26.7 Å². The van der Waals surface area contributed by atoms with Crippen molar-refractivity contribution in [3.05, 3.63) is 30.3 Å². The molecule has 1 aromatic carbocycles. The van der Waals surface area contributed by atoms with Gasteiger partial charge in [0.15, 0.2) is 7.80 Å². The Bertz CT molecular complexity index is 683. The third-order valence-electron chi connectivity index (χ3n) is 5.25. The van der Waals surface area contributed by atoms with Crippen LogP contribution in [-0.4, -0.2) is 68.5 Å². The molecule has 3 rings (SSSR count). The predicted molar refractivity (Wildman–Crippen MR) is 84.8 cm³/mol. The second kappa shape index (κ2) is 6.12. The number of carbonyl (C=O) groups excluding carboxylic acids is 3. The number of fused-ring (bicyclic) bond motifs is 2. The van der Waals surface area contributed by atoms with Gasteiger partial charge in [-0.2, -0.15) is 0 Å². The Kier molecular flexibility index (Phi) is 5.09. The molecular formula is C16H17KO4P. The Balaban J connectivity index is 0.00000176. The van der Waals surface area contributed by atoms with Crippen LogP contribution in [0.3, 0.4) is 0 Å². The normalized spacial score (nSPS) is 29.2. The predicted octanol–water partition coefficient (Wildman–Crippen LogP) is 1.59. The van der Waals surface area contributed by atoms with Crippen molar-refractivity contribution in [3.63, 3.8) is 0 Å². The average molecular weight is 343 g/mol. The monoisotopic (exact) mass is 343 g/mol. The van der Waals surface area contributed by atoms with E-state index in [1.54, 1.807) is 44.2 Å². The summed E-state index contributed by atoms with van der Waals surface area (Å²) in [5.74, 6) is -1.50. The number of ketones is 2. The first-order valence-electron chi connectivity index (χ1n) is 6.99. The maximum absolute atomic E-state index is 12.8. The van der Waals surface area contributed by atoms with Crippen LogP contribution in [0.15, 0.2) is 30.3 Å². The van der Waals surface area contributed by atoms with E-state index in [1.807, 2.05) is 0 Å². The first-order valence-corrected chi connectivity index (χ1v) is 8.25. The Morgan fingerprint density at radius 3 is 2.27 bits per heavy atom. The van der Waals surface area contributed by atoms with Crippen LogP contribution in [0, 0.1) is 16.7 Å². The van der Waals surface area contributed by atoms with Crippen LogP contribution < -0.4 is 5.30 Å². The van der Waals surface area contributed by atoms with Crippen LogP contribution in [-0.2, 0) is 18.9 Å². The SMILES string of the molecule is CC1(C)C2CCC1(C(=O)[P](=O)c1ccccc1)C(=O)C2=O.[KH]. The number of hydrogen-bond donors (Lipinski definition) is 0. The van der Waals surface area contributed by atoms with E-state index in [2.05, 4.69) is 0 Å². The van der Waals surface area contributed by atoms with Gasteiger partial charge in [-0.15, -0.1) is 0 Å². The Labute approximate surface area is 172 Å².